The maximum atomic E-state index is 13.6. The van der Waals surface area contributed by atoms with Gasteiger partial charge in [0, 0.05) is 30.9 Å². The van der Waals surface area contributed by atoms with Crippen LogP contribution in [0.5, 0.6) is 0 Å². The van der Waals surface area contributed by atoms with E-state index in [1.165, 1.54) is 21.0 Å². The molecule has 11 heteroatoms. The molecule has 0 aromatic heterocycles. The second-order valence-corrected chi connectivity index (χ2v) is 13.1. The number of ether oxygens (including phenoxy) is 4. The first-order valence-corrected chi connectivity index (χ1v) is 14.9. The Morgan fingerprint density at radius 3 is 2.10 bits per heavy atom. The van der Waals surface area contributed by atoms with Gasteiger partial charge in [0.1, 0.15) is 23.6 Å². The Hall–Kier alpha value is -1.18. The van der Waals surface area contributed by atoms with Gasteiger partial charge in [0.2, 0.25) is 0 Å². The van der Waals surface area contributed by atoms with E-state index in [1.807, 2.05) is 25.9 Å². The first kappa shape index (κ1) is 36.0. The van der Waals surface area contributed by atoms with Gasteiger partial charge in [-0.15, -0.1) is 0 Å². The standard InChI is InChI=1S/C30H55NO10/c1-12-21-30(8,37)25(35)17(4)22(32)15(2)14-29(7,38-11)26(18(5)23(33)19(6)27(36)40-21)41-28-24(34)20(31(9)10)13-16(3)39-28/h15-21,23-26,28,33-35,37H,12-14H2,1-11H3/t15-,16-,17+,18+,19-,20+,21-,23+,24-,25-,26-,28?,29-,30-/m1/s1. The van der Waals surface area contributed by atoms with Gasteiger partial charge in [-0.05, 0) is 61.1 Å². The van der Waals surface area contributed by atoms with Crippen molar-refractivity contribution in [2.75, 3.05) is 21.2 Å². The van der Waals surface area contributed by atoms with Gasteiger partial charge in [0.25, 0.3) is 0 Å². The summed E-state index contributed by atoms with van der Waals surface area (Å²) in [5.74, 6) is -4.49. The Morgan fingerprint density at radius 1 is 1.00 bits per heavy atom. The summed E-state index contributed by atoms with van der Waals surface area (Å²) >= 11 is 0. The molecule has 2 fully saturated rings. The Kier molecular flexibility index (Phi) is 12.4. The largest absolute Gasteiger partial charge is 0.459 e. The van der Waals surface area contributed by atoms with E-state index in [4.69, 9.17) is 18.9 Å². The third kappa shape index (κ3) is 7.67. The molecule has 0 radical (unpaired) electrons. The smallest absolute Gasteiger partial charge is 0.311 e. The zero-order valence-electron chi connectivity index (χ0n) is 26.7. The molecule has 0 aromatic rings. The van der Waals surface area contributed by atoms with Crippen LogP contribution < -0.4 is 0 Å². The minimum Gasteiger partial charge on any atom is -0.459 e. The fourth-order valence-electron chi connectivity index (χ4n) is 6.59. The van der Waals surface area contributed by atoms with Crippen LogP contribution in [0.2, 0.25) is 0 Å². The summed E-state index contributed by atoms with van der Waals surface area (Å²) in [6.07, 6.45) is -6.25. The molecule has 2 aliphatic heterocycles. The zero-order chi connectivity index (χ0) is 31.6. The number of aliphatic hydroxyl groups excluding tert-OH is 3. The van der Waals surface area contributed by atoms with E-state index in [0.29, 0.717) is 6.42 Å². The molecular weight excluding hydrogens is 534 g/mol. The van der Waals surface area contributed by atoms with Crippen LogP contribution in [0.3, 0.4) is 0 Å². The lowest BCUT2D eigenvalue weighted by atomic mass is 9.74. The summed E-state index contributed by atoms with van der Waals surface area (Å²) < 4.78 is 24.2. The van der Waals surface area contributed by atoms with Gasteiger partial charge in [-0.3, -0.25) is 9.59 Å². The SMILES string of the molecule is CC[C@H]1OC(=O)[C@H](C)[C@@H](O)[C@H](C)[C@@H](OC2O[C@H](C)C[C@H](N(C)C)[C@H]2O)[C@](C)(OC)C[C@@H](C)C(=O)[C@H](C)[C@@H](O)[C@]1(C)O. The number of Topliss-reactive ketones (excluding diaryl/α,β-unsaturated/α-hetero) is 1. The summed E-state index contributed by atoms with van der Waals surface area (Å²) in [6, 6.07) is -0.244. The highest BCUT2D eigenvalue weighted by atomic mass is 16.7. The number of carbonyl (C=O) groups is 2. The molecule has 0 aliphatic carbocycles. The topological polar surface area (TPSA) is 155 Å². The highest BCUT2D eigenvalue weighted by Gasteiger charge is 2.51. The van der Waals surface area contributed by atoms with Gasteiger partial charge in [-0.25, -0.2) is 0 Å². The predicted octanol–water partition coefficient (Wildman–Crippen LogP) is 1.51. The molecule has 0 bridgehead atoms. The third-order valence-electron chi connectivity index (χ3n) is 9.52. The molecule has 2 saturated heterocycles. The number of rotatable bonds is 5. The molecule has 0 saturated carbocycles. The number of esters is 1. The van der Waals surface area contributed by atoms with E-state index >= 15 is 0 Å². The quantitative estimate of drug-likeness (QED) is 0.345. The predicted molar refractivity (Wildman–Crippen MR) is 152 cm³/mol. The third-order valence-corrected chi connectivity index (χ3v) is 9.52. The molecule has 2 rings (SSSR count). The summed E-state index contributed by atoms with van der Waals surface area (Å²) in [7, 11) is 5.21. The van der Waals surface area contributed by atoms with E-state index in [2.05, 4.69) is 0 Å². The molecule has 2 aliphatic rings. The number of ketones is 1. The van der Waals surface area contributed by atoms with Crippen LogP contribution >= 0.6 is 0 Å². The number of carbonyl (C=O) groups excluding carboxylic acids is 2. The lowest BCUT2D eigenvalue weighted by molar-refractivity contribution is -0.301. The van der Waals surface area contributed by atoms with Crippen molar-refractivity contribution in [3.05, 3.63) is 0 Å². The minimum atomic E-state index is -1.91. The molecule has 0 aromatic carbocycles. The van der Waals surface area contributed by atoms with Crippen LogP contribution in [0.15, 0.2) is 0 Å². The van der Waals surface area contributed by atoms with Crippen LogP contribution in [-0.4, -0.2) is 118 Å². The summed E-state index contributed by atoms with van der Waals surface area (Å²) in [6.45, 7) is 13.2. The van der Waals surface area contributed by atoms with Crippen molar-refractivity contribution < 1.29 is 49.0 Å². The number of aliphatic hydroxyl groups is 4. The van der Waals surface area contributed by atoms with Crippen molar-refractivity contribution in [1.82, 2.24) is 4.90 Å². The number of likely N-dealkylation sites (N-methyl/N-ethyl adjacent to an activating group) is 1. The average Bonchev–Trinajstić information content (AvgIpc) is 2.92. The number of hydrogen-bond donors (Lipinski definition) is 4. The van der Waals surface area contributed by atoms with Crippen molar-refractivity contribution >= 4 is 11.8 Å². The van der Waals surface area contributed by atoms with Gasteiger partial charge in [-0.2, -0.15) is 0 Å². The zero-order valence-corrected chi connectivity index (χ0v) is 26.7. The summed E-state index contributed by atoms with van der Waals surface area (Å²) in [4.78, 5) is 28.8. The fraction of sp³-hybridized carbons (Fsp3) is 0.933. The number of cyclic esters (lactones) is 1. The highest BCUT2D eigenvalue weighted by Crippen LogP contribution is 2.39. The molecule has 0 spiro atoms. The van der Waals surface area contributed by atoms with Crippen LogP contribution in [0.4, 0.5) is 0 Å². The van der Waals surface area contributed by atoms with E-state index in [-0.39, 0.29) is 30.8 Å². The second-order valence-electron chi connectivity index (χ2n) is 13.1. The Labute approximate surface area is 245 Å². The Bertz CT molecular complexity index is 883. The fourth-order valence-corrected chi connectivity index (χ4v) is 6.59. The molecule has 14 atom stereocenters. The van der Waals surface area contributed by atoms with Gasteiger partial charge in [-0.1, -0.05) is 27.7 Å². The first-order valence-electron chi connectivity index (χ1n) is 14.9. The van der Waals surface area contributed by atoms with Crippen molar-refractivity contribution in [3.8, 4) is 0 Å². The number of methoxy groups -OCH3 is 1. The van der Waals surface area contributed by atoms with Crippen molar-refractivity contribution in [2.45, 2.75) is 135 Å². The van der Waals surface area contributed by atoms with E-state index in [1.54, 1.807) is 34.6 Å². The average molecular weight is 590 g/mol. The molecule has 0 amide bonds. The lowest BCUT2D eigenvalue weighted by Gasteiger charge is -2.48. The van der Waals surface area contributed by atoms with Crippen LogP contribution in [-0.2, 0) is 28.5 Å². The molecule has 1 unspecified atom stereocenters. The first-order chi connectivity index (χ1) is 18.8. The highest BCUT2D eigenvalue weighted by molar-refractivity contribution is 5.83. The Morgan fingerprint density at radius 2 is 1.59 bits per heavy atom. The van der Waals surface area contributed by atoms with Crippen molar-refractivity contribution in [3.63, 3.8) is 0 Å². The molecule has 2 heterocycles. The van der Waals surface area contributed by atoms with Gasteiger partial charge in [0.15, 0.2) is 6.29 Å². The molecule has 41 heavy (non-hydrogen) atoms. The van der Waals surface area contributed by atoms with Crippen molar-refractivity contribution in [1.29, 1.82) is 0 Å². The van der Waals surface area contributed by atoms with E-state index < -0.39 is 77.7 Å². The molecule has 4 N–H and O–H groups in total. The van der Waals surface area contributed by atoms with E-state index in [9.17, 15) is 30.0 Å². The lowest BCUT2D eigenvalue weighted by Crippen LogP contribution is -2.60. The number of nitrogens with zero attached hydrogens (tertiary/aromatic N) is 1. The second kappa shape index (κ2) is 14.1. The van der Waals surface area contributed by atoms with Crippen LogP contribution in [0, 0.1) is 23.7 Å². The number of hydrogen-bond acceptors (Lipinski definition) is 11. The van der Waals surface area contributed by atoms with Crippen LogP contribution in [0.1, 0.15) is 74.7 Å². The molecule has 240 valence electrons. The summed E-state index contributed by atoms with van der Waals surface area (Å²) in [5, 5.41) is 45.1. The monoisotopic (exact) mass is 589 g/mol. The maximum absolute atomic E-state index is 13.6. The van der Waals surface area contributed by atoms with Crippen molar-refractivity contribution in [2.24, 2.45) is 23.7 Å². The van der Waals surface area contributed by atoms with Crippen LogP contribution in [0.25, 0.3) is 0 Å². The van der Waals surface area contributed by atoms with Gasteiger partial charge < -0.3 is 44.3 Å². The van der Waals surface area contributed by atoms with Gasteiger partial charge in [0.05, 0.1) is 35.9 Å². The molecule has 11 nitrogen and oxygen atoms in total. The normalized spacial score (nSPS) is 47.6. The van der Waals surface area contributed by atoms with Gasteiger partial charge >= 0.3 is 5.97 Å². The summed E-state index contributed by atoms with van der Waals surface area (Å²) in [5.41, 5.74) is -3.11. The maximum Gasteiger partial charge on any atom is 0.311 e. The minimum absolute atomic E-state index is 0.134. The Balaban J connectivity index is 2.60. The van der Waals surface area contributed by atoms with E-state index in [0.717, 1.165) is 0 Å². The molecular formula is C30H55NO10.